The highest BCUT2D eigenvalue weighted by Gasteiger charge is 2.11. The molecule has 0 saturated carbocycles. The summed E-state index contributed by atoms with van der Waals surface area (Å²) in [6, 6.07) is 12.9. The number of alkyl halides is 1. The maximum Gasteiger partial charge on any atom is 0.129 e. The van der Waals surface area contributed by atoms with E-state index >= 15 is 0 Å². The molecule has 0 spiro atoms. The van der Waals surface area contributed by atoms with Crippen molar-refractivity contribution in [2.75, 3.05) is 16.8 Å². The number of aromatic nitrogens is 1. The highest BCUT2D eigenvalue weighted by molar-refractivity contribution is 9.09. The van der Waals surface area contributed by atoms with Crippen molar-refractivity contribution in [1.29, 1.82) is 0 Å². The van der Waals surface area contributed by atoms with Gasteiger partial charge in [-0.15, -0.1) is 0 Å². The molecule has 3 heteroatoms. The van der Waals surface area contributed by atoms with Crippen LogP contribution in [0.25, 0.3) is 10.9 Å². The third-order valence-electron chi connectivity index (χ3n) is 2.83. The first-order valence-electron chi connectivity index (χ1n) is 5.91. The van der Waals surface area contributed by atoms with Crippen LogP contribution in [-0.4, -0.2) is 22.9 Å². The van der Waals surface area contributed by atoms with Crippen LogP contribution in [0.15, 0.2) is 36.4 Å². The van der Waals surface area contributed by atoms with E-state index < -0.39 is 0 Å². The molecule has 0 aliphatic heterocycles. The van der Waals surface area contributed by atoms with Gasteiger partial charge >= 0.3 is 0 Å². The lowest BCUT2D eigenvalue weighted by Crippen LogP contribution is -2.33. The highest BCUT2D eigenvalue weighted by Crippen LogP contribution is 2.19. The summed E-state index contributed by atoms with van der Waals surface area (Å²) in [5, 5.41) is 2.15. The number of benzene rings is 1. The Balaban J connectivity index is 2.40. The van der Waals surface area contributed by atoms with Crippen LogP contribution >= 0.6 is 15.9 Å². The fourth-order valence-corrected chi connectivity index (χ4v) is 2.33. The van der Waals surface area contributed by atoms with Crippen molar-refractivity contribution in [3.05, 3.63) is 36.4 Å². The molecule has 0 unspecified atom stereocenters. The van der Waals surface area contributed by atoms with Gasteiger partial charge in [0, 0.05) is 23.3 Å². The molecule has 0 N–H and O–H groups in total. The fraction of sp³-hybridized carbons (Fsp3) is 0.357. The topological polar surface area (TPSA) is 16.1 Å². The van der Waals surface area contributed by atoms with E-state index in [1.165, 1.54) is 5.39 Å². The Kier molecular flexibility index (Phi) is 4.00. The maximum absolute atomic E-state index is 4.72. The molecule has 0 aliphatic rings. The third-order valence-corrected chi connectivity index (χ3v) is 3.18. The Hall–Kier alpha value is -1.09. The summed E-state index contributed by atoms with van der Waals surface area (Å²) in [5.74, 6) is 1.05. The summed E-state index contributed by atoms with van der Waals surface area (Å²) in [4.78, 5) is 7.03. The van der Waals surface area contributed by atoms with Crippen molar-refractivity contribution in [3.63, 3.8) is 0 Å². The first kappa shape index (κ1) is 12.4. The molecule has 90 valence electrons. The van der Waals surface area contributed by atoms with Gasteiger partial charge in [0.15, 0.2) is 0 Å². The fourth-order valence-electron chi connectivity index (χ4n) is 1.94. The molecule has 1 heterocycles. The minimum absolute atomic E-state index is 0.459. The number of para-hydroxylation sites is 1. The van der Waals surface area contributed by atoms with Gasteiger partial charge in [0.05, 0.1) is 5.52 Å². The molecule has 0 bridgehead atoms. The Bertz CT molecular complexity index is 496. The normalized spacial score (nSPS) is 11.1. The van der Waals surface area contributed by atoms with Crippen LogP contribution in [0.2, 0.25) is 0 Å². The van der Waals surface area contributed by atoms with E-state index in [0.717, 1.165) is 23.2 Å². The van der Waals surface area contributed by atoms with Gasteiger partial charge in [-0.1, -0.05) is 34.1 Å². The molecule has 0 fully saturated rings. The molecular formula is C14H17BrN2. The summed E-state index contributed by atoms with van der Waals surface area (Å²) < 4.78 is 0. The van der Waals surface area contributed by atoms with E-state index in [9.17, 15) is 0 Å². The Morgan fingerprint density at radius 2 is 1.94 bits per heavy atom. The number of anilines is 1. The lowest BCUT2D eigenvalue weighted by atomic mass is 10.2. The second-order valence-electron chi connectivity index (χ2n) is 4.34. The molecule has 1 aromatic carbocycles. The van der Waals surface area contributed by atoms with Crippen LogP contribution in [0, 0.1) is 0 Å². The van der Waals surface area contributed by atoms with E-state index in [1.807, 2.05) is 12.1 Å². The van der Waals surface area contributed by atoms with E-state index in [4.69, 9.17) is 4.98 Å². The van der Waals surface area contributed by atoms with E-state index in [0.29, 0.717) is 6.04 Å². The Labute approximate surface area is 111 Å². The second kappa shape index (κ2) is 5.50. The van der Waals surface area contributed by atoms with Crippen molar-refractivity contribution in [2.24, 2.45) is 0 Å². The summed E-state index contributed by atoms with van der Waals surface area (Å²) >= 11 is 3.50. The predicted molar refractivity (Wildman–Crippen MR) is 78.0 cm³/mol. The number of halogens is 1. The quantitative estimate of drug-likeness (QED) is 0.796. The van der Waals surface area contributed by atoms with Crippen molar-refractivity contribution in [1.82, 2.24) is 4.98 Å². The lowest BCUT2D eigenvalue weighted by molar-refractivity contribution is 0.699. The van der Waals surface area contributed by atoms with Crippen LogP contribution in [-0.2, 0) is 0 Å². The van der Waals surface area contributed by atoms with E-state index in [-0.39, 0.29) is 0 Å². The van der Waals surface area contributed by atoms with Gasteiger partial charge in [-0.2, -0.15) is 0 Å². The SMILES string of the molecule is CC(C)N(CCBr)c1ccc2ccccc2n1. The second-order valence-corrected chi connectivity index (χ2v) is 5.13. The zero-order chi connectivity index (χ0) is 12.3. The highest BCUT2D eigenvalue weighted by atomic mass is 79.9. The number of pyridine rings is 1. The largest absolute Gasteiger partial charge is 0.353 e. The number of rotatable bonds is 4. The molecule has 0 radical (unpaired) electrons. The number of hydrogen-bond donors (Lipinski definition) is 0. The zero-order valence-electron chi connectivity index (χ0n) is 10.2. The monoisotopic (exact) mass is 292 g/mol. The van der Waals surface area contributed by atoms with Crippen molar-refractivity contribution >= 4 is 32.7 Å². The first-order chi connectivity index (χ1) is 8.22. The van der Waals surface area contributed by atoms with Crippen molar-refractivity contribution in [3.8, 4) is 0 Å². The van der Waals surface area contributed by atoms with Crippen molar-refractivity contribution < 1.29 is 0 Å². The standard InChI is InChI=1S/C14H17BrN2/c1-11(2)17(10-9-15)14-8-7-12-5-3-4-6-13(12)16-14/h3-8,11H,9-10H2,1-2H3. The zero-order valence-corrected chi connectivity index (χ0v) is 11.8. The lowest BCUT2D eigenvalue weighted by Gasteiger charge is -2.27. The van der Waals surface area contributed by atoms with E-state index in [1.54, 1.807) is 0 Å². The number of hydrogen-bond acceptors (Lipinski definition) is 2. The van der Waals surface area contributed by atoms with Crippen LogP contribution in [0.3, 0.4) is 0 Å². The van der Waals surface area contributed by atoms with Crippen LogP contribution in [0.5, 0.6) is 0 Å². The molecule has 2 aromatic rings. The predicted octanol–water partition coefficient (Wildman–Crippen LogP) is 3.84. The van der Waals surface area contributed by atoms with Gasteiger partial charge in [0.25, 0.3) is 0 Å². The van der Waals surface area contributed by atoms with Gasteiger partial charge in [-0.3, -0.25) is 0 Å². The summed E-state index contributed by atoms with van der Waals surface area (Å²) in [5.41, 5.74) is 1.06. The molecule has 17 heavy (non-hydrogen) atoms. The molecule has 2 nitrogen and oxygen atoms in total. The summed E-state index contributed by atoms with van der Waals surface area (Å²) in [7, 11) is 0. The minimum atomic E-state index is 0.459. The molecule has 0 saturated heterocycles. The van der Waals surface area contributed by atoms with Gasteiger partial charge in [0.2, 0.25) is 0 Å². The Morgan fingerprint density at radius 3 is 2.65 bits per heavy atom. The first-order valence-corrected chi connectivity index (χ1v) is 7.03. The van der Waals surface area contributed by atoms with Crippen molar-refractivity contribution in [2.45, 2.75) is 19.9 Å². The molecule has 0 aliphatic carbocycles. The average Bonchev–Trinajstić information content (AvgIpc) is 2.35. The average molecular weight is 293 g/mol. The third kappa shape index (κ3) is 2.78. The van der Waals surface area contributed by atoms with Gasteiger partial charge in [-0.25, -0.2) is 4.98 Å². The maximum atomic E-state index is 4.72. The molecular weight excluding hydrogens is 276 g/mol. The van der Waals surface area contributed by atoms with Crippen LogP contribution in [0.4, 0.5) is 5.82 Å². The molecule has 0 atom stereocenters. The smallest absolute Gasteiger partial charge is 0.129 e. The van der Waals surface area contributed by atoms with E-state index in [2.05, 4.69) is 58.9 Å². The summed E-state index contributed by atoms with van der Waals surface area (Å²) in [6.45, 7) is 5.36. The molecule has 1 aromatic heterocycles. The number of fused-ring (bicyclic) bond motifs is 1. The van der Waals surface area contributed by atoms with Crippen LogP contribution in [0.1, 0.15) is 13.8 Å². The van der Waals surface area contributed by atoms with Gasteiger partial charge in [-0.05, 0) is 32.0 Å². The molecule has 0 amide bonds. The Morgan fingerprint density at radius 1 is 1.18 bits per heavy atom. The van der Waals surface area contributed by atoms with Gasteiger partial charge in [0.1, 0.15) is 5.82 Å². The van der Waals surface area contributed by atoms with Crippen LogP contribution < -0.4 is 4.90 Å². The summed E-state index contributed by atoms with van der Waals surface area (Å²) in [6.07, 6.45) is 0. The van der Waals surface area contributed by atoms with Gasteiger partial charge < -0.3 is 4.90 Å². The number of nitrogens with zero attached hydrogens (tertiary/aromatic N) is 2. The minimum Gasteiger partial charge on any atom is -0.353 e. The molecule has 2 rings (SSSR count).